The maximum Gasteiger partial charge on any atom is 0.199 e. The van der Waals surface area contributed by atoms with Crippen molar-refractivity contribution in [3.05, 3.63) is 29.8 Å². The zero-order chi connectivity index (χ0) is 23.6. The van der Waals surface area contributed by atoms with Crippen molar-refractivity contribution in [3.8, 4) is 5.75 Å². The molecule has 2 bridgehead atoms. The lowest BCUT2D eigenvalue weighted by atomic mass is 9.57. The third-order valence-corrected chi connectivity index (χ3v) is 7.62. The van der Waals surface area contributed by atoms with Gasteiger partial charge in [-0.1, -0.05) is 72.9 Å². The van der Waals surface area contributed by atoms with Gasteiger partial charge in [-0.15, -0.1) is 0 Å². The van der Waals surface area contributed by atoms with Gasteiger partial charge in [-0.2, -0.15) is 0 Å². The molecular weight excluding hydrogens is 392 g/mol. The van der Waals surface area contributed by atoms with Gasteiger partial charge in [0.15, 0.2) is 6.29 Å². The molecule has 2 saturated carbocycles. The molecule has 2 aliphatic rings. The predicted molar refractivity (Wildman–Crippen MR) is 138 cm³/mol. The molecule has 0 heterocycles. The number of ether oxygens (including phenoxy) is 2. The second-order valence-electron chi connectivity index (χ2n) is 11.4. The van der Waals surface area contributed by atoms with Crippen LogP contribution < -0.4 is 4.74 Å². The van der Waals surface area contributed by atoms with Crippen LogP contribution in [0.4, 0.5) is 0 Å². The van der Waals surface area contributed by atoms with Crippen molar-refractivity contribution < 1.29 is 9.47 Å². The van der Waals surface area contributed by atoms with Gasteiger partial charge < -0.3 is 9.47 Å². The molecular formula is C30H52O2. The topological polar surface area (TPSA) is 18.5 Å². The van der Waals surface area contributed by atoms with Crippen molar-refractivity contribution in [2.45, 2.75) is 125 Å². The number of hydrogen-bond acceptors (Lipinski definition) is 2. The Morgan fingerprint density at radius 1 is 1.06 bits per heavy atom. The van der Waals surface area contributed by atoms with Gasteiger partial charge >= 0.3 is 0 Å². The smallest absolute Gasteiger partial charge is 0.199 e. The number of fused-ring (bicyclic) bond motifs is 2. The maximum absolute atomic E-state index is 6.31. The summed E-state index contributed by atoms with van der Waals surface area (Å²) in [6.07, 6.45) is 14.5. The molecule has 4 atom stereocenters. The predicted octanol–water partition coefficient (Wildman–Crippen LogP) is 9.21. The van der Waals surface area contributed by atoms with Crippen LogP contribution in [0.2, 0.25) is 0 Å². The molecule has 0 N–H and O–H groups in total. The molecule has 2 heteroatoms. The van der Waals surface area contributed by atoms with Crippen LogP contribution in [0.3, 0.4) is 0 Å². The first-order chi connectivity index (χ1) is 15.3. The molecule has 4 unspecified atom stereocenters. The summed E-state index contributed by atoms with van der Waals surface area (Å²) in [5.74, 6) is 2.86. The van der Waals surface area contributed by atoms with Crippen molar-refractivity contribution >= 4 is 0 Å². The van der Waals surface area contributed by atoms with E-state index in [0.29, 0.717) is 17.4 Å². The van der Waals surface area contributed by atoms with Crippen LogP contribution in [0.25, 0.3) is 0 Å². The fraction of sp³-hybridized carbons (Fsp3) is 0.800. The third kappa shape index (κ3) is 8.73. The summed E-state index contributed by atoms with van der Waals surface area (Å²) >= 11 is 0. The summed E-state index contributed by atoms with van der Waals surface area (Å²) in [6.45, 7) is 16.1. The Hall–Kier alpha value is -1.02. The Morgan fingerprint density at radius 3 is 2.41 bits per heavy atom. The summed E-state index contributed by atoms with van der Waals surface area (Å²) in [5, 5.41) is 0. The van der Waals surface area contributed by atoms with E-state index in [1.165, 1.54) is 63.4 Å². The van der Waals surface area contributed by atoms with Gasteiger partial charge in [0.1, 0.15) is 5.75 Å². The molecule has 0 radical (unpaired) electrons. The second kappa shape index (κ2) is 13.0. The number of benzene rings is 1. The Balaban J connectivity index is 0.00000176. The molecule has 3 rings (SSSR count). The van der Waals surface area contributed by atoms with Gasteiger partial charge in [-0.05, 0) is 92.2 Å². The number of rotatable bonds is 10. The summed E-state index contributed by atoms with van der Waals surface area (Å²) in [6, 6.07) is 8.71. The zero-order valence-electron chi connectivity index (χ0n) is 22.3. The van der Waals surface area contributed by atoms with Crippen molar-refractivity contribution in [2.75, 3.05) is 6.61 Å². The molecule has 2 fully saturated rings. The van der Waals surface area contributed by atoms with Gasteiger partial charge in [0.25, 0.3) is 0 Å². The van der Waals surface area contributed by atoms with E-state index in [9.17, 15) is 0 Å². The quantitative estimate of drug-likeness (QED) is 0.335. The highest BCUT2D eigenvalue weighted by molar-refractivity contribution is 5.27. The van der Waals surface area contributed by atoms with Crippen molar-refractivity contribution in [1.82, 2.24) is 0 Å². The van der Waals surface area contributed by atoms with Crippen LogP contribution in [-0.2, 0) is 11.2 Å². The highest BCUT2D eigenvalue weighted by atomic mass is 16.7. The van der Waals surface area contributed by atoms with Crippen molar-refractivity contribution in [1.29, 1.82) is 0 Å². The first-order valence-electron chi connectivity index (χ1n) is 13.7. The molecule has 32 heavy (non-hydrogen) atoms. The number of hydrogen-bond donors (Lipinski definition) is 0. The van der Waals surface area contributed by atoms with Crippen LogP contribution in [0.1, 0.15) is 118 Å². The molecule has 0 spiro atoms. The molecule has 2 aliphatic carbocycles. The van der Waals surface area contributed by atoms with E-state index in [1.807, 2.05) is 13.8 Å². The molecule has 0 aromatic heterocycles. The molecule has 0 amide bonds. The van der Waals surface area contributed by atoms with Crippen LogP contribution >= 0.6 is 0 Å². The molecule has 1 aromatic carbocycles. The standard InChI is InChI=1S/C28H46O2.C2H6/c1-6-22-19-24-9-8-16-28(20-22,21-24)18-15-26(29-7-2)30-25-12-10-23(11-13-25)14-17-27(3,4)5;1-2/h10-13,22,24,26H,6-9,14-21H2,1-5H3;1-2H3. The lowest BCUT2D eigenvalue weighted by Crippen LogP contribution is -2.38. The molecule has 0 saturated heterocycles. The highest BCUT2D eigenvalue weighted by Crippen LogP contribution is 2.54. The second-order valence-corrected chi connectivity index (χ2v) is 11.4. The Labute approximate surface area is 199 Å². The molecule has 184 valence electrons. The van der Waals surface area contributed by atoms with Crippen LogP contribution in [0.15, 0.2) is 24.3 Å². The monoisotopic (exact) mass is 444 g/mol. The van der Waals surface area contributed by atoms with Gasteiger partial charge in [0.05, 0.1) is 0 Å². The highest BCUT2D eigenvalue weighted by Gasteiger charge is 2.42. The lowest BCUT2D eigenvalue weighted by molar-refractivity contribution is -0.0923. The summed E-state index contributed by atoms with van der Waals surface area (Å²) in [4.78, 5) is 0. The largest absolute Gasteiger partial charge is 0.465 e. The average molecular weight is 445 g/mol. The minimum Gasteiger partial charge on any atom is -0.465 e. The molecule has 1 aromatic rings. The summed E-state index contributed by atoms with van der Waals surface area (Å²) < 4.78 is 12.3. The maximum atomic E-state index is 6.31. The normalized spacial score (nSPS) is 26.1. The molecule has 2 nitrogen and oxygen atoms in total. The van der Waals surface area contributed by atoms with Gasteiger partial charge in [-0.3, -0.25) is 0 Å². The van der Waals surface area contributed by atoms with Crippen molar-refractivity contribution in [2.24, 2.45) is 22.7 Å². The molecule has 0 aliphatic heterocycles. The first kappa shape index (κ1) is 27.2. The van der Waals surface area contributed by atoms with E-state index >= 15 is 0 Å². The summed E-state index contributed by atoms with van der Waals surface area (Å²) in [5.41, 5.74) is 2.32. The Bertz CT molecular complexity index is 629. The lowest BCUT2D eigenvalue weighted by Gasteiger charge is -2.49. The number of aryl methyl sites for hydroxylation is 1. The van der Waals surface area contributed by atoms with Gasteiger partial charge in [0, 0.05) is 13.0 Å². The van der Waals surface area contributed by atoms with Crippen LogP contribution in [0, 0.1) is 22.7 Å². The zero-order valence-corrected chi connectivity index (χ0v) is 22.3. The minimum absolute atomic E-state index is 0.118. The fourth-order valence-electron chi connectivity index (χ4n) is 5.97. The Kier molecular flexibility index (Phi) is 11.1. The van der Waals surface area contributed by atoms with Gasteiger partial charge in [-0.25, -0.2) is 0 Å². The average Bonchev–Trinajstić information content (AvgIpc) is 2.78. The third-order valence-electron chi connectivity index (χ3n) is 7.62. The van der Waals surface area contributed by atoms with E-state index in [-0.39, 0.29) is 6.29 Å². The van der Waals surface area contributed by atoms with Gasteiger partial charge in [0.2, 0.25) is 0 Å². The fourth-order valence-corrected chi connectivity index (χ4v) is 5.97. The minimum atomic E-state index is -0.118. The van der Waals surface area contributed by atoms with E-state index in [0.717, 1.165) is 30.4 Å². The Morgan fingerprint density at radius 2 is 1.78 bits per heavy atom. The van der Waals surface area contributed by atoms with E-state index in [1.54, 1.807) is 0 Å². The summed E-state index contributed by atoms with van der Waals surface area (Å²) in [7, 11) is 0. The van der Waals surface area contributed by atoms with E-state index < -0.39 is 0 Å². The van der Waals surface area contributed by atoms with E-state index in [4.69, 9.17) is 9.47 Å². The first-order valence-corrected chi connectivity index (χ1v) is 13.7. The van der Waals surface area contributed by atoms with Crippen molar-refractivity contribution in [3.63, 3.8) is 0 Å². The van der Waals surface area contributed by atoms with Crippen LogP contribution in [-0.4, -0.2) is 12.9 Å². The van der Waals surface area contributed by atoms with Crippen LogP contribution in [0.5, 0.6) is 5.75 Å². The van der Waals surface area contributed by atoms with E-state index in [2.05, 4.69) is 58.9 Å². The SMILES string of the molecule is CC.CCOC(CCC12CCCC(CC(CC)C1)C2)Oc1ccc(CCC(C)(C)C)cc1.